The Balaban J connectivity index is 1.75. The molecule has 2 rings (SSSR count). The average Bonchev–Trinajstić information content (AvgIpc) is 2.79. The van der Waals surface area contributed by atoms with Gasteiger partial charge in [-0.2, -0.15) is 0 Å². The normalized spacial score (nSPS) is 35.6. The van der Waals surface area contributed by atoms with E-state index in [0.29, 0.717) is 18.9 Å². The van der Waals surface area contributed by atoms with Crippen molar-refractivity contribution in [3.8, 4) is 0 Å². The number of hydrogen-bond donors (Lipinski definition) is 2. The fraction of sp³-hybridized carbons (Fsp3) is 0.769. The second-order valence-electron chi connectivity index (χ2n) is 4.96. The Hall–Kier alpha value is -0.870. The van der Waals surface area contributed by atoms with E-state index in [1.54, 1.807) is 0 Å². The number of hydrogen-bond acceptors (Lipinski definition) is 3. The molecule has 0 aromatic rings. The lowest BCUT2D eigenvalue weighted by atomic mass is 9.83. The first-order valence-electron chi connectivity index (χ1n) is 6.54. The maximum absolute atomic E-state index is 11.8. The van der Waals surface area contributed by atoms with Crippen LogP contribution < -0.4 is 11.1 Å². The van der Waals surface area contributed by atoms with Gasteiger partial charge in [0.25, 0.3) is 0 Å². The van der Waals surface area contributed by atoms with Crippen LogP contribution in [0.3, 0.4) is 0 Å². The summed E-state index contributed by atoms with van der Waals surface area (Å²) >= 11 is 0. The van der Waals surface area contributed by atoms with Crippen LogP contribution in [0.5, 0.6) is 0 Å². The average molecular weight is 238 g/mol. The van der Waals surface area contributed by atoms with Gasteiger partial charge in [-0.05, 0) is 32.1 Å². The summed E-state index contributed by atoms with van der Waals surface area (Å²) in [7, 11) is 0. The lowest BCUT2D eigenvalue weighted by Gasteiger charge is -2.42. The van der Waals surface area contributed by atoms with Gasteiger partial charge in [0.05, 0.1) is 12.1 Å². The van der Waals surface area contributed by atoms with E-state index in [1.807, 2.05) is 6.92 Å². The highest BCUT2D eigenvalue weighted by Gasteiger charge is 2.40. The highest BCUT2D eigenvalue weighted by molar-refractivity contribution is 5.77. The number of ether oxygens (including phenoxy) is 1. The molecule has 1 amide bonds. The van der Waals surface area contributed by atoms with Crippen LogP contribution in [0.2, 0.25) is 0 Å². The minimum Gasteiger partial charge on any atom is -0.376 e. The Morgan fingerprint density at radius 3 is 3.00 bits per heavy atom. The Morgan fingerprint density at radius 1 is 1.59 bits per heavy atom. The first kappa shape index (κ1) is 12.6. The molecule has 4 atom stereocenters. The third-order valence-corrected chi connectivity index (χ3v) is 3.63. The predicted octanol–water partition coefficient (Wildman–Crippen LogP) is 0.964. The number of nitrogens with two attached hydrogens (primary N) is 1. The first-order valence-corrected chi connectivity index (χ1v) is 6.54. The summed E-state index contributed by atoms with van der Waals surface area (Å²) in [5.41, 5.74) is 5.89. The molecule has 4 heteroatoms. The van der Waals surface area contributed by atoms with E-state index in [-0.39, 0.29) is 24.1 Å². The van der Waals surface area contributed by atoms with E-state index in [2.05, 4.69) is 17.5 Å². The largest absolute Gasteiger partial charge is 0.376 e. The first-order chi connectivity index (χ1) is 8.20. The Morgan fingerprint density at radius 2 is 2.41 bits per heavy atom. The summed E-state index contributed by atoms with van der Waals surface area (Å²) in [6, 6.07) is 0.0578. The smallest absolute Gasteiger partial charge is 0.220 e. The molecular weight excluding hydrogens is 216 g/mol. The van der Waals surface area contributed by atoms with Crippen molar-refractivity contribution in [1.29, 1.82) is 0 Å². The topological polar surface area (TPSA) is 64.3 Å². The predicted molar refractivity (Wildman–Crippen MR) is 66.4 cm³/mol. The van der Waals surface area contributed by atoms with Crippen molar-refractivity contribution < 1.29 is 9.53 Å². The summed E-state index contributed by atoms with van der Waals surface area (Å²) < 4.78 is 5.52. The molecule has 0 aromatic carbocycles. The van der Waals surface area contributed by atoms with Gasteiger partial charge in [0.2, 0.25) is 5.91 Å². The minimum atomic E-state index is 0.00725. The molecule has 1 fully saturated rings. The second kappa shape index (κ2) is 5.65. The lowest BCUT2D eigenvalue weighted by Crippen LogP contribution is -2.64. The van der Waals surface area contributed by atoms with Gasteiger partial charge in [-0.15, -0.1) is 0 Å². The maximum Gasteiger partial charge on any atom is 0.220 e. The molecule has 4 nitrogen and oxygen atoms in total. The van der Waals surface area contributed by atoms with Crippen LogP contribution in [-0.2, 0) is 9.53 Å². The number of rotatable bonds is 5. The van der Waals surface area contributed by atoms with E-state index >= 15 is 0 Å². The van der Waals surface area contributed by atoms with Crippen LogP contribution in [0.4, 0.5) is 0 Å². The molecule has 96 valence electrons. The minimum absolute atomic E-state index is 0.00725. The quantitative estimate of drug-likeness (QED) is 0.701. The van der Waals surface area contributed by atoms with Crippen LogP contribution in [0.15, 0.2) is 12.2 Å². The molecule has 2 aliphatic carbocycles. The van der Waals surface area contributed by atoms with Crippen molar-refractivity contribution in [2.75, 3.05) is 6.61 Å². The van der Waals surface area contributed by atoms with E-state index in [0.717, 1.165) is 19.3 Å². The fourth-order valence-corrected chi connectivity index (χ4v) is 2.58. The van der Waals surface area contributed by atoms with Gasteiger partial charge < -0.3 is 15.8 Å². The van der Waals surface area contributed by atoms with Gasteiger partial charge in [-0.25, -0.2) is 0 Å². The van der Waals surface area contributed by atoms with E-state index in [9.17, 15) is 4.79 Å². The molecule has 0 bridgehead atoms. The third kappa shape index (κ3) is 3.07. The highest BCUT2D eigenvalue weighted by atomic mass is 16.5. The molecule has 0 aliphatic heterocycles. The van der Waals surface area contributed by atoms with E-state index in [4.69, 9.17) is 10.5 Å². The molecule has 17 heavy (non-hydrogen) atoms. The summed E-state index contributed by atoms with van der Waals surface area (Å²) in [6.07, 6.45) is 8.02. The highest BCUT2D eigenvalue weighted by Crippen LogP contribution is 2.24. The third-order valence-electron chi connectivity index (χ3n) is 3.63. The summed E-state index contributed by atoms with van der Waals surface area (Å²) in [5.74, 6) is 0.517. The van der Waals surface area contributed by atoms with Crippen LogP contribution in [0, 0.1) is 5.92 Å². The molecule has 0 spiro atoms. The number of amides is 1. The van der Waals surface area contributed by atoms with Gasteiger partial charge in [0.1, 0.15) is 0 Å². The zero-order chi connectivity index (χ0) is 12.3. The zero-order valence-electron chi connectivity index (χ0n) is 10.4. The summed E-state index contributed by atoms with van der Waals surface area (Å²) in [6.45, 7) is 2.64. The van der Waals surface area contributed by atoms with Crippen LogP contribution in [0.1, 0.15) is 32.6 Å². The van der Waals surface area contributed by atoms with E-state index < -0.39 is 0 Å². The maximum atomic E-state index is 11.8. The second-order valence-corrected chi connectivity index (χ2v) is 4.96. The SMILES string of the molecule is CCOC1CC(N)C1NC(=O)CC1C=CCC1. The number of nitrogens with one attached hydrogen (secondary N) is 1. The molecular formula is C13H22N2O2. The van der Waals surface area contributed by atoms with Crippen LogP contribution >= 0.6 is 0 Å². The van der Waals surface area contributed by atoms with Crippen molar-refractivity contribution in [2.45, 2.75) is 50.8 Å². The van der Waals surface area contributed by atoms with Gasteiger partial charge in [-0.3, -0.25) is 4.79 Å². The van der Waals surface area contributed by atoms with Crippen molar-refractivity contribution >= 4 is 5.91 Å². The van der Waals surface area contributed by atoms with Crippen molar-refractivity contribution in [1.82, 2.24) is 5.32 Å². The van der Waals surface area contributed by atoms with Crippen molar-refractivity contribution in [3.05, 3.63) is 12.2 Å². The number of carbonyl (C=O) groups excluding carboxylic acids is 1. The monoisotopic (exact) mass is 238 g/mol. The van der Waals surface area contributed by atoms with Crippen LogP contribution in [-0.4, -0.2) is 30.7 Å². The van der Waals surface area contributed by atoms with Gasteiger partial charge in [0.15, 0.2) is 0 Å². The van der Waals surface area contributed by atoms with Crippen molar-refractivity contribution in [2.24, 2.45) is 11.7 Å². The molecule has 4 unspecified atom stereocenters. The van der Waals surface area contributed by atoms with Crippen LogP contribution in [0.25, 0.3) is 0 Å². The molecule has 1 saturated carbocycles. The summed E-state index contributed by atoms with van der Waals surface area (Å²) in [4.78, 5) is 11.8. The molecule has 0 radical (unpaired) electrons. The zero-order valence-corrected chi connectivity index (χ0v) is 10.4. The molecule has 0 saturated heterocycles. The van der Waals surface area contributed by atoms with E-state index in [1.165, 1.54) is 0 Å². The van der Waals surface area contributed by atoms with Gasteiger partial charge in [0, 0.05) is 19.1 Å². The number of allylic oxidation sites excluding steroid dienone is 2. The Labute approximate surface area is 103 Å². The lowest BCUT2D eigenvalue weighted by molar-refractivity contribution is -0.126. The Kier molecular flexibility index (Phi) is 4.18. The Bertz CT molecular complexity index is 302. The van der Waals surface area contributed by atoms with Gasteiger partial charge in [-0.1, -0.05) is 12.2 Å². The van der Waals surface area contributed by atoms with Crippen molar-refractivity contribution in [3.63, 3.8) is 0 Å². The molecule has 3 N–H and O–H groups in total. The molecule has 0 aromatic heterocycles. The molecule has 2 aliphatic rings. The summed E-state index contributed by atoms with van der Waals surface area (Å²) in [5, 5.41) is 3.01. The standard InChI is InChI=1S/C13H22N2O2/c1-2-17-11-8-10(14)13(11)15-12(16)7-9-5-3-4-6-9/h3,5,9-11,13H,2,4,6-8,14H2,1H3,(H,15,16). The molecule has 0 heterocycles. The van der Waals surface area contributed by atoms with Gasteiger partial charge >= 0.3 is 0 Å². The number of carbonyl (C=O) groups is 1. The fourth-order valence-electron chi connectivity index (χ4n) is 2.58.